The normalized spacial score (nSPS) is 39.3. The number of esters is 2. The highest BCUT2D eigenvalue weighted by molar-refractivity contribution is 6.00. The lowest BCUT2D eigenvalue weighted by Gasteiger charge is -2.67. The van der Waals surface area contributed by atoms with Crippen LogP contribution < -0.4 is 0 Å². The van der Waals surface area contributed by atoms with Gasteiger partial charge in [0.05, 0.1) is 17.4 Å². The molecule has 2 fully saturated rings. The van der Waals surface area contributed by atoms with Crippen molar-refractivity contribution in [1.29, 1.82) is 0 Å². The molecule has 7 heteroatoms. The summed E-state index contributed by atoms with van der Waals surface area (Å²) in [4.78, 5) is 37.0. The number of ether oxygens (including phenoxy) is 2. The van der Waals surface area contributed by atoms with Crippen LogP contribution in [0.15, 0.2) is 16.7 Å². The molecule has 1 heterocycles. The van der Waals surface area contributed by atoms with Crippen LogP contribution in [0.5, 0.6) is 0 Å². The fourth-order valence-corrected chi connectivity index (χ4v) is 6.63. The summed E-state index contributed by atoms with van der Waals surface area (Å²) in [7, 11) is 0. The molecule has 164 valence electrons. The predicted octanol–water partition coefficient (Wildman–Crippen LogP) is 3.08. The molecule has 0 radical (unpaired) electrons. The maximum absolute atomic E-state index is 13.2. The van der Waals surface area contributed by atoms with Gasteiger partial charge in [-0.05, 0) is 24.8 Å². The van der Waals surface area contributed by atoms with Crippen LogP contribution in [-0.2, 0) is 25.5 Å². The molecule has 2 saturated carbocycles. The Bertz CT molecular complexity index is 899. The first-order valence-electron chi connectivity index (χ1n) is 10.6. The number of fused-ring (bicyclic) bond motifs is 4. The zero-order valence-electron chi connectivity index (χ0n) is 18.2. The Morgan fingerprint density at radius 1 is 1.13 bits per heavy atom. The van der Waals surface area contributed by atoms with Crippen molar-refractivity contribution >= 4 is 17.7 Å². The molecule has 0 amide bonds. The number of Topliss-reactive ketones (excluding diaryl/α,β-unsaturated/α-hetero) is 1. The lowest BCUT2D eigenvalue weighted by Crippen LogP contribution is -2.75. The van der Waals surface area contributed by atoms with E-state index in [4.69, 9.17) is 13.9 Å². The minimum absolute atomic E-state index is 0.0276. The van der Waals surface area contributed by atoms with Crippen molar-refractivity contribution in [3.8, 4) is 0 Å². The average Bonchev–Trinajstić information content (AvgIpc) is 3.11. The standard InChI is InChI=1S/C23H30O7/c1-12(24)29-18-11-19(30-13(2)25)22(5)16-10-17-15(7-9-28-17)20(26)14(16)6-8-23(22,27)21(18,3)4/h7,9,14,16,18-19,27H,6,8,10-11H2,1-5H3/t14-,16+,18-,19+,22+,23-/m1/s1. The van der Waals surface area contributed by atoms with E-state index in [2.05, 4.69) is 0 Å². The second kappa shape index (κ2) is 6.67. The number of aliphatic hydroxyl groups is 1. The largest absolute Gasteiger partial charge is 0.469 e. The van der Waals surface area contributed by atoms with Crippen molar-refractivity contribution in [2.24, 2.45) is 22.7 Å². The van der Waals surface area contributed by atoms with Crippen LogP contribution in [0.1, 0.15) is 70.0 Å². The van der Waals surface area contributed by atoms with E-state index in [1.165, 1.54) is 20.1 Å². The van der Waals surface area contributed by atoms with Crippen LogP contribution in [0.3, 0.4) is 0 Å². The van der Waals surface area contributed by atoms with E-state index >= 15 is 0 Å². The molecule has 0 spiro atoms. The van der Waals surface area contributed by atoms with E-state index in [1.807, 2.05) is 20.8 Å². The molecular formula is C23H30O7. The summed E-state index contributed by atoms with van der Waals surface area (Å²) in [5.41, 5.74) is -2.42. The lowest BCUT2D eigenvalue weighted by atomic mass is 9.40. The second-order valence-corrected chi connectivity index (χ2v) is 9.87. The smallest absolute Gasteiger partial charge is 0.302 e. The molecule has 3 aliphatic rings. The van der Waals surface area contributed by atoms with Crippen LogP contribution in [0.4, 0.5) is 0 Å². The topological polar surface area (TPSA) is 103 Å². The van der Waals surface area contributed by atoms with E-state index in [1.54, 1.807) is 6.07 Å². The van der Waals surface area contributed by atoms with E-state index in [9.17, 15) is 19.5 Å². The summed E-state index contributed by atoms with van der Waals surface area (Å²) >= 11 is 0. The molecule has 0 saturated heterocycles. The number of carbonyl (C=O) groups excluding carboxylic acids is 3. The Morgan fingerprint density at radius 3 is 2.40 bits per heavy atom. The van der Waals surface area contributed by atoms with Gasteiger partial charge in [0.1, 0.15) is 18.0 Å². The van der Waals surface area contributed by atoms with Crippen molar-refractivity contribution in [2.75, 3.05) is 0 Å². The summed E-state index contributed by atoms with van der Waals surface area (Å²) in [5, 5.41) is 12.2. The van der Waals surface area contributed by atoms with Gasteiger partial charge in [0.15, 0.2) is 5.78 Å². The third-order valence-electron chi connectivity index (χ3n) is 8.30. The molecule has 3 aliphatic carbocycles. The van der Waals surface area contributed by atoms with Gasteiger partial charge in [0, 0.05) is 43.4 Å². The Hall–Kier alpha value is -2.15. The van der Waals surface area contributed by atoms with Crippen LogP contribution >= 0.6 is 0 Å². The fourth-order valence-electron chi connectivity index (χ4n) is 6.63. The molecule has 1 N–H and O–H groups in total. The molecule has 30 heavy (non-hydrogen) atoms. The second-order valence-electron chi connectivity index (χ2n) is 9.87. The van der Waals surface area contributed by atoms with Crippen molar-refractivity contribution in [1.82, 2.24) is 0 Å². The van der Waals surface area contributed by atoms with Crippen LogP contribution in [0.25, 0.3) is 0 Å². The number of furan rings is 1. The zero-order chi connectivity index (χ0) is 22.1. The molecule has 1 aromatic rings. The average molecular weight is 418 g/mol. The van der Waals surface area contributed by atoms with Crippen LogP contribution in [0, 0.1) is 22.7 Å². The maximum atomic E-state index is 13.2. The van der Waals surface area contributed by atoms with Gasteiger partial charge in [0.2, 0.25) is 0 Å². The maximum Gasteiger partial charge on any atom is 0.302 e. The number of hydrogen-bond acceptors (Lipinski definition) is 7. The van der Waals surface area contributed by atoms with Gasteiger partial charge < -0.3 is 19.0 Å². The van der Waals surface area contributed by atoms with Crippen molar-refractivity contribution in [3.05, 3.63) is 23.7 Å². The highest BCUT2D eigenvalue weighted by Gasteiger charge is 2.73. The molecule has 1 aromatic heterocycles. The number of hydrogen-bond donors (Lipinski definition) is 1. The first kappa shape index (κ1) is 21.1. The molecule has 4 rings (SSSR count). The Morgan fingerprint density at radius 2 is 1.77 bits per heavy atom. The SMILES string of the molecule is CC(=O)O[C@H]1C[C@@H](OC(C)=O)C(C)(C)[C@]2(O)CC[C@H]3C(=O)c4ccoc4C[C@@H]3[C@@]12C. The molecule has 0 unspecified atom stereocenters. The van der Waals surface area contributed by atoms with E-state index < -0.39 is 40.6 Å². The molecule has 6 atom stereocenters. The van der Waals surface area contributed by atoms with E-state index in [0.717, 1.165) is 0 Å². The van der Waals surface area contributed by atoms with Gasteiger partial charge in [-0.3, -0.25) is 14.4 Å². The minimum atomic E-state index is -1.32. The lowest BCUT2D eigenvalue weighted by molar-refractivity contribution is -0.300. The number of rotatable bonds is 2. The predicted molar refractivity (Wildman–Crippen MR) is 106 cm³/mol. The number of ketones is 1. The van der Waals surface area contributed by atoms with E-state index in [-0.39, 0.29) is 24.0 Å². The van der Waals surface area contributed by atoms with Crippen LogP contribution in [-0.4, -0.2) is 40.6 Å². The highest BCUT2D eigenvalue weighted by atomic mass is 16.6. The highest BCUT2D eigenvalue weighted by Crippen LogP contribution is 2.66. The molecule has 0 bridgehead atoms. The summed E-state index contributed by atoms with van der Waals surface area (Å²) < 4.78 is 17.0. The Balaban J connectivity index is 1.85. The summed E-state index contributed by atoms with van der Waals surface area (Å²) in [6, 6.07) is 1.71. The first-order valence-corrected chi connectivity index (χ1v) is 10.6. The summed E-state index contributed by atoms with van der Waals surface area (Å²) in [6.07, 6.45) is 1.84. The van der Waals surface area contributed by atoms with Crippen molar-refractivity contribution < 1.29 is 33.4 Å². The van der Waals surface area contributed by atoms with Gasteiger partial charge in [-0.15, -0.1) is 0 Å². The molecule has 0 aromatic carbocycles. The fraction of sp³-hybridized carbons (Fsp3) is 0.696. The van der Waals surface area contributed by atoms with Crippen molar-refractivity contribution in [3.63, 3.8) is 0 Å². The quantitative estimate of drug-likeness (QED) is 0.736. The van der Waals surface area contributed by atoms with Gasteiger partial charge in [0.25, 0.3) is 0 Å². The molecule has 0 aliphatic heterocycles. The number of carbonyl (C=O) groups is 3. The minimum Gasteiger partial charge on any atom is -0.469 e. The first-order chi connectivity index (χ1) is 13.9. The molecule has 7 nitrogen and oxygen atoms in total. The molecular weight excluding hydrogens is 388 g/mol. The van der Waals surface area contributed by atoms with Crippen LogP contribution in [0.2, 0.25) is 0 Å². The summed E-state index contributed by atoms with van der Waals surface area (Å²) in [5.74, 6) is -0.798. The van der Waals surface area contributed by atoms with Gasteiger partial charge >= 0.3 is 11.9 Å². The summed E-state index contributed by atoms with van der Waals surface area (Å²) in [6.45, 7) is 8.38. The van der Waals surface area contributed by atoms with Gasteiger partial charge in [-0.2, -0.15) is 0 Å². The third-order valence-corrected chi connectivity index (χ3v) is 8.30. The van der Waals surface area contributed by atoms with Crippen molar-refractivity contribution in [2.45, 2.75) is 78.1 Å². The van der Waals surface area contributed by atoms with Gasteiger partial charge in [-0.1, -0.05) is 20.8 Å². The van der Waals surface area contributed by atoms with Gasteiger partial charge in [-0.25, -0.2) is 0 Å². The Labute approximate surface area is 176 Å². The van der Waals surface area contributed by atoms with E-state index in [0.29, 0.717) is 30.6 Å². The zero-order valence-corrected chi connectivity index (χ0v) is 18.2. The monoisotopic (exact) mass is 418 g/mol. The Kier molecular flexibility index (Phi) is 4.69. The third kappa shape index (κ3) is 2.63.